The second kappa shape index (κ2) is 8.70. The molecule has 1 fully saturated rings. The fourth-order valence-corrected chi connectivity index (χ4v) is 4.64. The Kier molecular flexibility index (Phi) is 6.31. The molecule has 0 atom stereocenters. The summed E-state index contributed by atoms with van der Waals surface area (Å²) in [5.74, 6) is -0.342. The van der Waals surface area contributed by atoms with Crippen LogP contribution in [0.3, 0.4) is 0 Å². The zero-order valence-electron chi connectivity index (χ0n) is 15.7. The molecule has 1 aliphatic heterocycles. The third-order valence-electron chi connectivity index (χ3n) is 4.82. The fraction of sp³-hybridized carbons (Fsp3) is 0.350. The Morgan fingerprint density at radius 3 is 2.36 bits per heavy atom. The summed E-state index contributed by atoms with van der Waals surface area (Å²) in [5, 5.41) is 0. The van der Waals surface area contributed by atoms with E-state index in [9.17, 15) is 17.6 Å². The number of hydrogen-bond acceptors (Lipinski definition) is 4. The molecule has 0 aliphatic carbocycles. The molecule has 0 radical (unpaired) electrons. The number of aryl methyl sites for hydroxylation is 1. The van der Waals surface area contributed by atoms with Crippen LogP contribution in [0, 0.1) is 5.82 Å². The van der Waals surface area contributed by atoms with E-state index >= 15 is 0 Å². The maximum Gasteiger partial charge on any atom is 0.243 e. The number of amides is 1. The quantitative estimate of drug-likeness (QED) is 0.738. The lowest BCUT2D eigenvalue weighted by Crippen LogP contribution is -2.50. The molecule has 0 bridgehead atoms. The molecule has 0 saturated carbocycles. The minimum atomic E-state index is -3.54. The molecule has 1 aliphatic rings. The van der Waals surface area contributed by atoms with E-state index in [1.54, 1.807) is 47.4 Å². The van der Waals surface area contributed by atoms with E-state index in [1.165, 1.54) is 17.5 Å². The summed E-state index contributed by atoms with van der Waals surface area (Å²) >= 11 is 0. The first-order valence-corrected chi connectivity index (χ1v) is 10.5. The number of halogens is 1. The van der Waals surface area contributed by atoms with E-state index in [1.807, 2.05) is 0 Å². The number of carbonyl (C=O) groups is 1. The molecule has 150 valence electrons. The molecule has 1 saturated heterocycles. The largest absolute Gasteiger partial charge is 0.494 e. The first-order valence-electron chi connectivity index (χ1n) is 9.07. The van der Waals surface area contributed by atoms with Gasteiger partial charge in [-0.05, 0) is 36.2 Å². The highest BCUT2D eigenvalue weighted by atomic mass is 32.2. The molecule has 3 rings (SSSR count). The molecule has 8 heteroatoms. The Morgan fingerprint density at radius 1 is 1.07 bits per heavy atom. The standard InChI is InChI=1S/C20H23FN2O4S/c1-27-19-9-7-16(15-18(19)21)8-10-20(24)22-11-13-23(14-12-22)28(25,26)17-5-3-2-4-6-17/h2-7,9,15H,8,10-14H2,1H3. The van der Waals surface area contributed by atoms with Crippen LogP contribution in [0.5, 0.6) is 5.75 Å². The van der Waals surface area contributed by atoms with Crippen molar-refractivity contribution in [1.29, 1.82) is 0 Å². The fourth-order valence-electron chi connectivity index (χ4n) is 3.19. The van der Waals surface area contributed by atoms with Gasteiger partial charge in [-0.3, -0.25) is 4.79 Å². The van der Waals surface area contributed by atoms with E-state index in [0.29, 0.717) is 19.5 Å². The van der Waals surface area contributed by atoms with E-state index in [4.69, 9.17) is 4.74 Å². The van der Waals surface area contributed by atoms with Gasteiger partial charge in [0.25, 0.3) is 0 Å². The lowest BCUT2D eigenvalue weighted by molar-refractivity contribution is -0.132. The summed E-state index contributed by atoms with van der Waals surface area (Å²) < 4.78 is 45.3. The van der Waals surface area contributed by atoms with Gasteiger partial charge in [0, 0.05) is 32.6 Å². The van der Waals surface area contributed by atoms with Gasteiger partial charge in [-0.15, -0.1) is 0 Å². The van der Waals surface area contributed by atoms with Crippen molar-refractivity contribution >= 4 is 15.9 Å². The number of methoxy groups -OCH3 is 1. The molecule has 28 heavy (non-hydrogen) atoms. The van der Waals surface area contributed by atoms with Crippen LogP contribution < -0.4 is 4.74 Å². The van der Waals surface area contributed by atoms with Crippen molar-refractivity contribution in [3.8, 4) is 5.75 Å². The van der Waals surface area contributed by atoms with Gasteiger partial charge in [0.05, 0.1) is 12.0 Å². The summed E-state index contributed by atoms with van der Waals surface area (Å²) in [6, 6.07) is 12.9. The number of nitrogens with zero attached hydrogens (tertiary/aromatic N) is 2. The zero-order chi connectivity index (χ0) is 20.1. The van der Waals surface area contributed by atoms with E-state index < -0.39 is 15.8 Å². The Labute approximate surface area is 164 Å². The first-order chi connectivity index (χ1) is 13.4. The maximum absolute atomic E-state index is 13.7. The van der Waals surface area contributed by atoms with Gasteiger partial charge in [0.15, 0.2) is 11.6 Å². The van der Waals surface area contributed by atoms with Crippen molar-refractivity contribution in [2.24, 2.45) is 0 Å². The zero-order valence-corrected chi connectivity index (χ0v) is 16.5. The number of sulfonamides is 1. The van der Waals surface area contributed by atoms with Crippen LogP contribution in [-0.4, -0.2) is 56.8 Å². The summed E-state index contributed by atoms with van der Waals surface area (Å²) in [5.41, 5.74) is 0.719. The summed E-state index contributed by atoms with van der Waals surface area (Å²) in [6.07, 6.45) is 0.666. The molecule has 0 spiro atoms. The average Bonchev–Trinajstić information content (AvgIpc) is 2.73. The van der Waals surface area contributed by atoms with Crippen LogP contribution in [0.4, 0.5) is 4.39 Å². The number of ether oxygens (including phenoxy) is 1. The van der Waals surface area contributed by atoms with Gasteiger partial charge < -0.3 is 9.64 Å². The summed E-state index contributed by atoms with van der Waals surface area (Å²) in [4.78, 5) is 14.4. The number of hydrogen-bond donors (Lipinski definition) is 0. The van der Waals surface area contributed by atoms with Crippen LogP contribution in [0.1, 0.15) is 12.0 Å². The third-order valence-corrected chi connectivity index (χ3v) is 6.73. The van der Waals surface area contributed by atoms with E-state index in [2.05, 4.69) is 0 Å². The molecule has 1 heterocycles. The minimum Gasteiger partial charge on any atom is -0.494 e. The van der Waals surface area contributed by atoms with E-state index in [-0.39, 0.29) is 36.1 Å². The lowest BCUT2D eigenvalue weighted by Gasteiger charge is -2.34. The Hall–Kier alpha value is -2.45. The van der Waals surface area contributed by atoms with Crippen LogP contribution >= 0.6 is 0 Å². The van der Waals surface area contributed by atoms with Crippen molar-refractivity contribution in [2.75, 3.05) is 33.3 Å². The molecule has 0 unspecified atom stereocenters. The topological polar surface area (TPSA) is 66.9 Å². The smallest absolute Gasteiger partial charge is 0.243 e. The molecule has 1 amide bonds. The van der Waals surface area contributed by atoms with Crippen molar-refractivity contribution in [3.05, 3.63) is 59.9 Å². The second-order valence-corrected chi connectivity index (χ2v) is 8.50. The van der Waals surface area contributed by atoms with Crippen LogP contribution in [-0.2, 0) is 21.2 Å². The second-order valence-electron chi connectivity index (χ2n) is 6.57. The lowest BCUT2D eigenvalue weighted by atomic mass is 10.1. The molecule has 6 nitrogen and oxygen atoms in total. The first kappa shape index (κ1) is 20.3. The Morgan fingerprint density at radius 2 is 1.75 bits per heavy atom. The highest BCUT2D eigenvalue weighted by Crippen LogP contribution is 2.20. The van der Waals surface area contributed by atoms with Gasteiger partial charge in [-0.1, -0.05) is 24.3 Å². The van der Waals surface area contributed by atoms with Crippen molar-refractivity contribution in [3.63, 3.8) is 0 Å². The average molecular weight is 406 g/mol. The third kappa shape index (κ3) is 4.51. The van der Waals surface area contributed by atoms with Crippen LogP contribution in [0.25, 0.3) is 0 Å². The summed E-state index contributed by atoms with van der Waals surface area (Å²) in [7, 11) is -2.13. The predicted molar refractivity (Wildman–Crippen MR) is 103 cm³/mol. The van der Waals surface area contributed by atoms with Gasteiger partial charge in [0.1, 0.15) is 0 Å². The van der Waals surface area contributed by atoms with Gasteiger partial charge in [-0.25, -0.2) is 12.8 Å². The number of piperazine rings is 1. The molecule has 2 aromatic carbocycles. The highest BCUT2D eigenvalue weighted by molar-refractivity contribution is 7.89. The Bertz CT molecular complexity index is 926. The predicted octanol–water partition coefficient (Wildman–Crippen LogP) is 2.30. The number of benzene rings is 2. The maximum atomic E-state index is 13.7. The monoisotopic (exact) mass is 406 g/mol. The van der Waals surface area contributed by atoms with Gasteiger partial charge in [0.2, 0.25) is 15.9 Å². The highest BCUT2D eigenvalue weighted by Gasteiger charge is 2.29. The molecule has 2 aromatic rings. The summed E-state index contributed by atoms with van der Waals surface area (Å²) in [6.45, 7) is 1.23. The van der Waals surface area contributed by atoms with Crippen molar-refractivity contribution in [1.82, 2.24) is 9.21 Å². The van der Waals surface area contributed by atoms with Gasteiger partial charge >= 0.3 is 0 Å². The van der Waals surface area contributed by atoms with E-state index in [0.717, 1.165) is 5.56 Å². The number of rotatable bonds is 6. The van der Waals surface area contributed by atoms with Crippen molar-refractivity contribution < 1.29 is 22.3 Å². The van der Waals surface area contributed by atoms with Crippen LogP contribution in [0.15, 0.2) is 53.4 Å². The minimum absolute atomic E-state index is 0.0621. The van der Waals surface area contributed by atoms with Crippen molar-refractivity contribution in [2.45, 2.75) is 17.7 Å². The molecular formula is C20H23FN2O4S. The number of carbonyl (C=O) groups excluding carboxylic acids is 1. The van der Waals surface area contributed by atoms with Gasteiger partial charge in [-0.2, -0.15) is 4.31 Å². The molecule has 0 aromatic heterocycles. The molecular weight excluding hydrogens is 383 g/mol. The van der Waals surface area contributed by atoms with Crippen LogP contribution in [0.2, 0.25) is 0 Å². The Balaban J connectivity index is 1.53. The SMILES string of the molecule is COc1ccc(CCC(=O)N2CCN(S(=O)(=O)c3ccccc3)CC2)cc1F. The molecule has 0 N–H and O–H groups in total. The normalized spacial score (nSPS) is 15.4.